The van der Waals surface area contributed by atoms with Gasteiger partial charge in [0.05, 0.1) is 32.9 Å². The zero-order valence-corrected chi connectivity index (χ0v) is 25.7. The Bertz CT molecular complexity index is 1650. The quantitative estimate of drug-likeness (QED) is 0.0712. The molecule has 1 unspecified atom stereocenters. The van der Waals surface area contributed by atoms with E-state index in [0.29, 0.717) is 38.5 Å². The van der Waals surface area contributed by atoms with Crippen molar-refractivity contribution in [1.82, 2.24) is 10.2 Å². The largest absolute Gasteiger partial charge is 0.507 e. The van der Waals surface area contributed by atoms with Crippen molar-refractivity contribution in [2.75, 3.05) is 26.2 Å². The van der Waals surface area contributed by atoms with E-state index in [0.717, 1.165) is 21.4 Å². The third kappa shape index (κ3) is 5.72. The maximum atomic E-state index is 13.6. The van der Waals surface area contributed by atoms with Gasteiger partial charge < -0.3 is 19.3 Å². The molecular formula is C29H23BrFN3O6S2. The summed E-state index contributed by atoms with van der Waals surface area (Å²) < 4.78 is 31.1. The van der Waals surface area contributed by atoms with E-state index in [-0.39, 0.29) is 22.3 Å². The number of anilines is 1. The Morgan fingerprint density at radius 3 is 2.24 bits per heavy atom. The predicted octanol–water partition coefficient (Wildman–Crippen LogP) is 6.38. The Labute approximate surface area is 257 Å². The summed E-state index contributed by atoms with van der Waals surface area (Å²) in [5, 5.41) is 20.0. The van der Waals surface area contributed by atoms with Crippen molar-refractivity contribution in [1.29, 1.82) is 0 Å². The zero-order chi connectivity index (χ0) is 30.0. The highest BCUT2D eigenvalue weighted by atomic mass is 79.9. The number of thioether (sulfide) groups is 1. The second kappa shape index (κ2) is 12.5. The van der Waals surface area contributed by atoms with Gasteiger partial charge in [-0.3, -0.25) is 14.5 Å². The number of aromatic nitrogens is 2. The van der Waals surface area contributed by atoms with E-state index < -0.39 is 17.7 Å². The van der Waals surface area contributed by atoms with Gasteiger partial charge in [0.15, 0.2) is 15.8 Å². The monoisotopic (exact) mass is 671 g/mol. The summed E-state index contributed by atoms with van der Waals surface area (Å²) in [4.78, 5) is 28.3. The molecule has 1 atom stereocenters. The molecule has 1 aromatic heterocycles. The van der Waals surface area contributed by atoms with Crippen LogP contribution in [0.15, 0.2) is 75.0 Å². The van der Waals surface area contributed by atoms with E-state index in [4.69, 9.17) is 14.2 Å². The zero-order valence-electron chi connectivity index (χ0n) is 22.5. The molecular weight excluding hydrogens is 649 g/mol. The lowest BCUT2D eigenvalue weighted by Crippen LogP contribution is -2.29. The lowest BCUT2D eigenvalue weighted by Gasteiger charge is -2.24. The van der Waals surface area contributed by atoms with E-state index in [9.17, 15) is 19.1 Å². The fraction of sp³-hybridized carbons (Fsp3) is 0.172. The number of hydrogen-bond donors (Lipinski definition) is 1. The van der Waals surface area contributed by atoms with Gasteiger partial charge in [0, 0.05) is 15.8 Å². The van der Waals surface area contributed by atoms with Crippen molar-refractivity contribution in [3.8, 4) is 17.2 Å². The number of ether oxygens (including phenoxy) is 3. The number of Topliss-reactive ketones (excluding diaryl/α,β-unsaturated/α-hetero) is 1. The predicted molar refractivity (Wildman–Crippen MR) is 161 cm³/mol. The van der Waals surface area contributed by atoms with Gasteiger partial charge in [0.1, 0.15) is 11.6 Å². The minimum atomic E-state index is -1.09. The van der Waals surface area contributed by atoms with Crippen LogP contribution in [0.2, 0.25) is 0 Å². The molecule has 216 valence electrons. The molecule has 1 aliphatic heterocycles. The van der Waals surface area contributed by atoms with Crippen LogP contribution < -0.4 is 19.1 Å². The first kappa shape index (κ1) is 29.5. The molecule has 2 heterocycles. The molecule has 4 aromatic rings. The van der Waals surface area contributed by atoms with Gasteiger partial charge in [-0.15, -0.1) is 10.2 Å². The van der Waals surface area contributed by atoms with E-state index in [1.807, 2.05) is 0 Å². The molecule has 0 saturated carbocycles. The maximum absolute atomic E-state index is 13.6. The number of halogens is 2. The molecule has 1 saturated heterocycles. The van der Waals surface area contributed by atoms with E-state index in [2.05, 4.69) is 26.1 Å². The highest BCUT2D eigenvalue weighted by Crippen LogP contribution is 2.48. The minimum absolute atomic E-state index is 0.132. The molecule has 1 aliphatic rings. The van der Waals surface area contributed by atoms with Crippen LogP contribution >= 0.6 is 39.0 Å². The molecule has 1 N–H and O–H groups in total. The SMILES string of the molecule is COc1cc(C2/C(=C(/O)c3ccc(Br)cc3)C(=O)C(=O)N2c2nnc(SCc3ccc(F)cc3)s2)cc(OC)c1OC. The van der Waals surface area contributed by atoms with Crippen molar-refractivity contribution < 1.29 is 33.3 Å². The van der Waals surface area contributed by atoms with Crippen LogP contribution in [0.1, 0.15) is 22.7 Å². The summed E-state index contributed by atoms with van der Waals surface area (Å²) in [7, 11) is 4.37. The molecule has 5 rings (SSSR count). The first-order chi connectivity index (χ1) is 20.2. The van der Waals surface area contributed by atoms with E-state index in [1.54, 1.807) is 48.5 Å². The number of amides is 1. The van der Waals surface area contributed by atoms with Crippen LogP contribution in [0, 0.1) is 5.82 Å². The number of carbonyl (C=O) groups is 2. The first-order valence-corrected chi connectivity index (χ1v) is 14.9. The molecule has 42 heavy (non-hydrogen) atoms. The fourth-order valence-electron chi connectivity index (χ4n) is 4.45. The first-order valence-electron chi connectivity index (χ1n) is 12.3. The Kier molecular flexibility index (Phi) is 8.80. The summed E-state index contributed by atoms with van der Waals surface area (Å²) >= 11 is 5.84. The molecule has 0 spiro atoms. The fourth-order valence-corrected chi connectivity index (χ4v) is 6.54. The van der Waals surface area contributed by atoms with Gasteiger partial charge >= 0.3 is 5.91 Å². The van der Waals surface area contributed by atoms with Crippen LogP contribution in [0.4, 0.5) is 9.52 Å². The van der Waals surface area contributed by atoms with Gasteiger partial charge in [-0.2, -0.15) is 0 Å². The van der Waals surface area contributed by atoms with Crippen molar-refractivity contribution >= 4 is 61.6 Å². The molecule has 0 radical (unpaired) electrons. The Morgan fingerprint density at radius 1 is 1.00 bits per heavy atom. The number of benzene rings is 3. The average Bonchev–Trinajstić information content (AvgIpc) is 3.57. The highest BCUT2D eigenvalue weighted by molar-refractivity contribution is 9.10. The van der Waals surface area contributed by atoms with Gasteiger partial charge in [-0.25, -0.2) is 4.39 Å². The van der Waals surface area contributed by atoms with Gasteiger partial charge in [-0.1, -0.05) is 63.3 Å². The number of ketones is 1. The van der Waals surface area contributed by atoms with Crippen molar-refractivity contribution in [2.45, 2.75) is 16.1 Å². The molecule has 9 nitrogen and oxygen atoms in total. The number of methoxy groups -OCH3 is 3. The maximum Gasteiger partial charge on any atom is 0.301 e. The average molecular weight is 673 g/mol. The van der Waals surface area contributed by atoms with Crippen LogP contribution in [0.3, 0.4) is 0 Å². The molecule has 13 heteroatoms. The van der Waals surface area contributed by atoms with Crippen molar-refractivity contribution in [2.24, 2.45) is 0 Å². The second-order valence-corrected chi connectivity index (χ2v) is 12.0. The van der Waals surface area contributed by atoms with Crippen molar-refractivity contribution in [3.63, 3.8) is 0 Å². The minimum Gasteiger partial charge on any atom is -0.507 e. The van der Waals surface area contributed by atoms with Crippen LogP contribution in [0.5, 0.6) is 17.2 Å². The summed E-state index contributed by atoms with van der Waals surface area (Å²) in [6, 6.07) is 14.9. The number of aliphatic hydroxyl groups excluding tert-OH is 1. The third-order valence-electron chi connectivity index (χ3n) is 6.44. The molecule has 0 aliphatic carbocycles. The van der Waals surface area contributed by atoms with Crippen LogP contribution in [-0.2, 0) is 15.3 Å². The number of rotatable bonds is 9. The summed E-state index contributed by atoms with van der Waals surface area (Å²) in [6.07, 6.45) is 0. The van der Waals surface area contributed by atoms with Crippen molar-refractivity contribution in [3.05, 3.63) is 93.2 Å². The Balaban J connectivity index is 1.61. The molecule has 1 amide bonds. The van der Waals surface area contributed by atoms with E-state index >= 15 is 0 Å². The number of nitrogens with zero attached hydrogens (tertiary/aromatic N) is 3. The van der Waals surface area contributed by atoms with Gasteiger partial charge in [0.2, 0.25) is 10.9 Å². The normalized spacial score (nSPS) is 16.1. The lowest BCUT2D eigenvalue weighted by atomic mass is 9.95. The smallest absolute Gasteiger partial charge is 0.301 e. The summed E-state index contributed by atoms with van der Waals surface area (Å²) in [5.74, 6) is -1.02. The Morgan fingerprint density at radius 2 is 1.64 bits per heavy atom. The standard InChI is InChI=1S/C29H23BrFN3O6S2/c1-38-20-12-17(13-21(39-2)26(20)40-3)23-22(24(35)16-6-8-18(30)9-7-16)25(36)27(37)34(23)28-32-33-29(42-28)41-14-15-4-10-19(31)11-5-15/h4-13,23,35H,14H2,1-3H3/b24-22-. The number of hydrogen-bond acceptors (Lipinski definition) is 10. The number of carbonyl (C=O) groups excluding carboxylic acids is 2. The topological polar surface area (TPSA) is 111 Å². The van der Waals surface area contributed by atoms with Crippen LogP contribution in [-0.4, -0.2) is 48.3 Å². The van der Waals surface area contributed by atoms with Gasteiger partial charge in [0.25, 0.3) is 5.78 Å². The van der Waals surface area contributed by atoms with E-state index in [1.165, 1.54) is 50.1 Å². The molecule has 0 bridgehead atoms. The molecule has 3 aromatic carbocycles. The van der Waals surface area contributed by atoms with Crippen LogP contribution in [0.25, 0.3) is 5.76 Å². The lowest BCUT2D eigenvalue weighted by molar-refractivity contribution is -0.132. The number of aliphatic hydroxyl groups is 1. The van der Waals surface area contributed by atoms with Gasteiger partial charge in [-0.05, 0) is 47.5 Å². The molecule has 1 fully saturated rings. The third-order valence-corrected chi connectivity index (χ3v) is 9.10. The Hall–Kier alpha value is -3.94. The summed E-state index contributed by atoms with van der Waals surface area (Å²) in [5.41, 5.74) is 1.51. The second-order valence-electron chi connectivity index (χ2n) is 8.90. The highest BCUT2D eigenvalue weighted by Gasteiger charge is 2.49. The summed E-state index contributed by atoms with van der Waals surface area (Å²) in [6.45, 7) is 0.